The molecule has 1 aliphatic heterocycles. The molecule has 1 aliphatic rings. The first kappa shape index (κ1) is 22.6. The molecule has 9 nitrogen and oxygen atoms in total. The van der Waals surface area contributed by atoms with Crippen LogP contribution in [-0.2, 0) is 11.3 Å². The SMILES string of the molecule is COc1cc(-c2noc(COC(=O)c3cc(Cl)c4c(c3)OCCCO4)n2)ccc1OC(F)F. The zero-order valence-corrected chi connectivity index (χ0v) is 17.9. The molecule has 0 N–H and O–H groups in total. The van der Waals surface area contributed by atoms with E-state index in [1.807, 2.05) is 0 Å². The molecule has 33 heavy (non-hydrogen) atoms. The fourth-order valence-corrected chi connectivity index (χ4v) is 3.26. The molecule has 0 amide bonds. The topological polar surface area (TPSA) is 102 Å². The lowest BCUT2D eigenvalue weighted by Gasteiger charge is -2.11. The first-order valence-corrected chi connectivity index (χ1v) is 10.0. The third-order valence-corrected chi connectivity index (χ3v) is 4.75. The van der Waals surface area contributed by atoms with E-state index < -0.39 is 12.6 Å². The standard InChI is InChI=1S/C21H17ClF2N2O7/c1-28-15-8-11(3-4-14(15)32-21(23)24)19-25-17(33-26-19)10-31-20(27)12-7-13(22)18-16(9-12)29-5-2-6-30-18/h3-4,7-9,21H,2,5-6,10H2,1H3. The van der Waals surface area contributed by atoms with Crippen LogP contribution >= 0.6 is 11.6 Å². The third-order valence-electron chi connectivity index (χ3n) is 4.47. The Morgan fingerprint density at radius 3 is 2.79 bits per heavy atom. The Morgan fingerprint density at radius 2 is 2.00 bits per heavy atom. The van der Waals surface area contributed by atoms with Crippen LogP contribution in [0.5, 0.6) is 23.0 Å². The minimum absolute atomic E-state index is 0.0191. The molecule has 0 unspecified atom stereocenters. The van der Waals surface area contributed by atoms with Gasteiger partial charge in [-0.3, -0.25) is 0 Å². The van der Waals surface area contributed by atoms with Gasteiger partial charge in [-0.25, -0.2) is 4.79 Å². The second-order valence-corrected chi connectivity index (χ2v) is 7.08. The monoisotopic (exact) mass is 482 g/mol. The lowest BCUT2D eigenvalue weighted by atomic mass is 10.2. The van der Waals surface area contributed by atoms with E-state index >= 15 is 0 Å². The van der Waals surface area contributed by atoms with Gasteiger partial charge in [0.25, 0.3) is 5.89 Å². The number of ether oxygens (including phenoxy) is 5. The number of aromatic nitrogens is 2. The zero-order chi connectivity index (χ0) is 23.4. The molecule has 0 atom stereocenters. The summed E-state index contributed by atoms with van der Waals surface area (Å²) in [6, 6.07) is 7.08. The quantitative estimate of drug-likeness (QED) is 0.450. The van der Waals surface area contributed by atoms with Gasteiger partial charge in [-0.2, -0.15) is 13.8 Å². The fraction of sp³-hybridized carbons (Fsp3) is 0.286. The summed E-state index contributed by atoms with van der Waals surface area (Å²) in [4.78, 5) is 16.6. The van der Waals surface area contributed by atoms with Gasteiger partial charge in [0.1, 0.15) is 0 Å². The number of carbonyl (C=O) groups excluding carboxylic acids is 1. The van der Waals surface area contributed by atoms with Crippen molar-refractivity contribution >= 4 is 17.6 Å². The highest BCUT2D eigenvalue weighted by atomic mass is 35.5. The van der Waals surface area contributed by atoms with Gasteiger partial charge in [0.05, 0.1) is 30.9 Å². The number of alkyl halides is 2. The molecule has 0 bridgehead atoms. The summed E-state index contributed by atoms with van der Waals surface area (Å²) >= 11 is 6.20. The summed E-state index contributed by atoms with van der Waals surface area (Å²) < 4.78 is 55.8. The molecule has 2 heterocycles. The summed E-state index contributed by atoms with van der Waals surface area (Å²) in [6.45, 7) is -2.40. The highest BCUT2D eigenvalue weighted by molar-refractivity contribution is 6.32. The van der Waals surface area contributed by atoms with E-state index in [0.29, 0.717) is 36.7 Å². The number of nitrogens with zero attached hydrogens (tertiary/aromatic N) is 2. The molecule has 0 saturated carbocycles. The predicted octanol–water partition coefficient (Wildman–Crippen LogP) is 4.52. The number of methoxy groups -OCH3 is 1. The van der Waals surface area contributed by atoms with Crippen molar-refractivity contribution in [1.82, 2.24) is 10.1 Å². The number of carbonyl (C=O) groups is 1. The van der Waals surface area contributed by atoms with Crippen LogP contribution in [0.25, 0.3) is 11.4 Å². The Morgan fingerprint density at radius 1 is 1.18 bits per heavy atom. The predicted molar refractivity (Wildman–Crippen MR) is 109 cm³/mol. The molecule has 12 heteroatoms. The average Bonchev–Trinajstić information content (AvgIpc) is 3.14. The second kappa shape index (κ2) is 9.90. The maximum atomic E-state index is 12.5. The molecule has 0 radical (unpaired) electrons. The van der Waals surface area contributed by atoms with Crippen molar-refractivity contribution in [1.29, 1.82) is 0 Å². The lowest BCUT2D eigenvalue weighted by Crippen LogP contribution is -2.06. The van der Waals surface area contributed by atoms with Gasteiger partial charge in [0, 0.05) is 12.0 Å². The summed E-state index contributed by atoms with van der Waals surface area (Å²) in [5, 5.41) is 4.04. The average molecular weight is 483 g/mol. The van der Waals surface area contributed by atoms with Crippen molar-refractivity contribution < 1.29 is 41.8 Å². The first-order chi connectivity index (χ1) is 15.9. The van der Waals surface area contributed by atoms with Crippen LogP contribution in [-0.4, -0.2) is 43.0 Å². The Balaban J connectivity index is 1.44. The van der Waals surface area contributed by atoms with Crippen LogP contribution in [0.4, 0.5) is 8.78 Å². The molecule has 0 saturated heterocycles. The van der Waals surface area contributed by atoms with Gasteiger partial charge in [0.2, 0.25) is 5.82 Å². The fourth-order valence-electron chi connectivity index (χ4n) is 2.99. The van der Waals surface area contributed by atoms with Gasteiger partial charge >= 0.3 is 12.6 Å². The van der Waals surface area contributed by atoms with Gasteiger partial charge in [-0.15, -0.1) is 0 Å². The van der Waals surface area contributed by atoms with Gasteiger partial charge in [-0.1, -0.05) is 16.8 Å². The van der Waals surface area contributed by atoms with Crippen LogP contribution in [0.2, 0.25) is 5.02 Å². The van der Waals surface area contributed by atoms with Crippen molar-refractivity contribution in [2.45, 2.75) is 19.6 Å². The maximum Gasteiger partial charge on any atom is 0.387 e. The van der Waals surface area contributed by atoms with E-state index in [0.717, 1.165) is 0 Å². The molecule has 0 spiro atoms. The summed E-state index contributed by atoms with van der Waals surface area (Å²) in [5.74, 6) is 0.155. The zero-order valence-electron chi connectivity index (χ0n) is 17.2. The second-order valence-electron chi connectivity index (χ2n) is 6.67. The van der Waals surface area contributed by atoms with E-state index in [1.54, 1.807) is 0 Å². The molecule has 2 aromatic carbocycles. The van der Waals surface area contributed by atoms with E-state index in [9.17, 15) is 13.6 Å². The van der Waals surface area contributed by atoms with Crippen molar-refractivity contribution in [2.75, 3.05) is 20.3 Å². The normalized spacial score (nSPS) is 12.9. The maximum absolute atomic E-state index is 12.5. The Kier molecular flexibility index (Phi) is 6.78. The molecular weight excluding hydrogens is 466 g/mol. The number of halogens is 3. The molecular formula is C21H17ClF2N2O7. The van der Waals surface area contributed by atoms with Crippen LogP contribution in [0.1, 0.15) is 22.7 Å². The molecule has 3 aromatic rings. The molecule has 0 fully saturated rings. The van der Waals surface area contributed by atoms with Gasteiger partial charge in [0.15, 0.2) is 29.6 Å². The number of hydrogen-bond donors (Lipinski definition) is 0. The Hall–Kier alpha value is -3.60. The minimum Gasteiger partial charge on any atom is -0.493 e. The van der Waals surface area contributed by atoms with E-state index in [-0.39, 0.29) is 40.4 Å². The Labute approximate surface area is 191 Å². The Bertz CT molecular complexity index is 1160. The highest BCUT2D eigenvalue weighted by Gasteiger charge is 2.20. The van der Waals surface area contributed by atoms with Crippen molar-refractivity contribution in [2.24, 2.45) is 0 Å². The van der Waals surface area contributed by atoms with Crippen LogP contribution in [0, 0.1) is 0 Å². The van der Waals surface area contributed by atoms with Gasteiger partial charge in [-0.05, 0) is 30.3 Å². The highest BCUT2D eigenvalue weighted by Crippen LogP contribution is 2.38. The van der Waals surface area contributed by atoms with Crippen LogP contribution in [0.15, 0.2) is 34.9 Å². The summed E-state index contributed by atoms with van der Waals surface area (Å²) in [5.41, 5.74) is 0.591. The van der Waals surface area contributed by atoms with E-state index in [1.165, 1.54) is 37.4 Å². The number of rotatable bonds is 7. The van der Waals surface area contributed by atoms with Crippen LogP contribution in [0.3, 0.4) is 0 Å². The molecule has 1 aromatic heterocycles. The molecule has 174 valence electrons. The minimum atomic E-state index is -3.00. The number of fused-ring (bicyclic) bond motifs is 1. The van der Waals surface area contributed by atoms with E-state index in [4.69, 9.17) is 35.1 Å². The number of benzene rings is 2. The molecule has 4 rings (SSSR count). The van der Waals surface area contributed by atoms with Crippen molar-refractivity contribution in [3.05, 3.63) is 46.8 Å². The first-order valence-electron chi connectivity index (χ1n) is 9.66. The number of esters is 1. The third kappa shape index (κ3) is 5.25. The summed E-state index contributed by atoms with van der Waals surface area (Å²) in [6.07, 6.45) is 0.693. The van der Waals surface area contributed by atoms with Crippen LogP contribution < -0.4 is 18.9 Å². The number of hydrogen-bond acceptors (Lipinski definition) is 9. The lowest BCUT2D eigenvalue weighted by molar-refractivity contribution is -0.0512. The van der Waals surface area contributed by atoms with Crippen molar-refractivity contribution in [3.8, 4) is 34.4 Å². The van der Waals surface area contributed by atoms with Crippen molar-refractivity contribution in [3.63, 3.8) is 0 Å². The smallest absolute Gasteiger partial charge is 0.387 e. The van der Waals surface area contributed by atoms with Gasteiger partial charge < -0.3 is 28.2 Å². The summed E-state index contributed by atoms with van der Waals surface area (Å²) in [7, 11) is 1.31. The largest absolute Gasteiger partial charge is 0.493 e. The molecule has 0 aliphatic carbocycles. The van der Waals surface area contributed by atoms with E-state index in [2.05, 4.69) is 14.9 Å².